The zero-order chi connectivity index (χ0) is 12.9. The topological polar surface area (TPSA) is 44.6 Å². The van der Waals surface area contributed by atoms with E-state index in [1.807, 2.05) is 13.0 Å². The Labute approximate surface area is 105 Å². The number of hydroxylamine groups is 2. The maximum Gasteiger partial charge on any atom is 0.336 e. The van der Waals surface area contributed by atoms with Crippen molar-refractivity contribution < 1.29 is 9.86 Å². The van der Waals surface area contributed by atoms with Gasteiger partial charge in [-0.25, -0.2) is 4.79 Å². The monoisotopic (exact) mass is 241 g/mol. The molecule has 0 saturated heterocycles. The molecule has 0 rings (SSSR count). The summed E-state index contributed by atoms with van der Waals surface area (Å²) in [5, 5.41) is 10.9. The lowest BCUT2D eigenvalue weighted by Gasteiger charge is -2.16. The van der Waals surface area contributed by atoms with Gasteiger partial charge in [0.25, 0.3) is 0 Å². The number of carbonyl (C=O) groups is 1. The second kappa shape index (κ2) is 11.8. The fourth-order valence-electron chi connectivity index (χ4n) is 1.68. The summed E-state index contributed by atoms with van der Waals surface area (Å²) in [6.45, 7) is 4.49. The summed E-state index contributed by atoms with van der Waals surface area (Å²) >= 11 is 0. The van der Waals surface area contributed by atoms with Crippen molar-refractivity contribution in [2.24, 2.45) is 0 Å². The number of nitrogens with one attached hydrogen (secondary N) is 1. The number of hydrogen-bond acceptors (Lipinski definition) is 2. The average molecular weight is 241 g/mol. The molecular weight excluding hydrogens is 214 g/mol. The SMILES string of the molecule is CCCCCCCCC=CC(=O)[NH+]([O-])CCC. The highest BCUT2D eigenvalue weighted by Gasteiger charge is 2.03. The summed E-state index contributed by atoms with van der Waals surface area (Å²) in [6, 6.07) is 0. The highest BCUT2D eigenvalue weighted by molar-refractivity contribution is 5.79. The summed E-state index contributed by atoms with van der Waals surface area (Å²) < 4.78 is 0. The van der Waals surface area contributed by atoms with Crippen LogP contribution in [-0.2, 0) is 4.79 Å². The van der Waals surface area contributed by atoms with E-state index in [-0.39, 0.29) is 11.0 Å². The molecule has 1 N–H and O–H groups in total. The van der Waals surface area contributed by atoms with Gasteiger partial charge in [-0.05, 0) is 19.3 Å². The first kappa shape index (κ1) is 16.3. The van der Waals surface area contributed by atoms with Gasteiger partial charge >= 0.3 is 5.91 Å². The summed E-state index contributed by atoms with van der Waals surface area (Å²) in [7, 11) is 0. The lowest BCUT2D eigenvalue weighted by atomic mass is 10.1. The Hall–Kier alpha value is -0.670. The Bertz CT molecular complexity index is 214. The van der Waals surface area contributed by atoms with Crippen molar-refractivity contribution in [2.75, 3.05) is 6.54 Å². The fourth-order valence-corrected chi connectivity index (χ4v) is 1.68. The van der Waals surface area contributed by atoms with E-state index < -0.39 is 0 Å². The molecular formula is C14H27NO2. The quantitative estimate of drug-likeness (QED) is 0.363. The molecule has 0 aliphatic rings. The summed E-state index contributed by atoms with van der Waals surface area (Å²) in [5.74, 6) is -0.335. The summed E-state index contributed by atoms with van der Waals surface area (Å²) in [4.78, 5) is 11.3. The highest BCUT2D eigenvalue weighted by Crippen LogP contribution is 2.06. The van der Waals surface area contributed by atoms with E-state index in [0.717, 1.165) is 19.3 Å². The third kappa shape index (κ3) is 10.2. The van der Waals surface area contributed by atoms with Gasteiger partial charge in [0.15, 0.2) is 0 Å². The maximum absolute atomic E-state index is 11.3. The Morgan fingerprint density at radius 2 is 1.71 bits per heavy atom. The van der Waals surface area contributed by atoms with Gasteiger partial charge in [-0.1, -0.05) is 52.0 Å². The lowest BCUT2D eigenvalue weighted by molar-refractivity contribution is -0.762. The van der Waals surface area contributed by atoms with E-state index in [2.05, 4.69) is 6.92 Å². The molecule has 1 unspecified atom stereocenters. The van der Waals surface area contributed by atoms with Crippen LogP contribution in [0, 0.1) is 5.21 Å². The van der Waals surface area contributed by atoms with Gasteiger partial charge in [0, 0.05) is 6.08 Å². The smallest absolute Gasteiger partial charge is 0.336 e. The van der Waals surface area contributed by atoms with Crippen LogP contribution in [0.3, 0.4) is 0 Å². The number of unbranched alkanes of at least 4 members (excludes halogenated alkanes) is 6. The van der Waals surface area contributed by atoms with Crippen LogP contribution in [0.4, 0.5) is 0 Å². The van der Waals surface area contributed by atoms with Crippen LogP contribution in [-0.4, -0.2) is 12.5 Å². The minimum absolute atomic E-state index is 0.258. The van der Waals surface area contributed by atoms with Crippen molar-refractivity contribution in [1.29, 1.82) is 0 Å². The van der Waals surface area contributed by atoms with Crippen molar-refractivity contribution in [1.82, 2.24) is 0 Å². The molecule has 0 heterocycles. The van der Waals surface area contributed by atoms with Gasteiger partial charge in [-0.3, -0.25) is 0 Å². The van der Waals surface area contributed by atoms with Gasteiger partial charge < -0.3 is 10.3 Å². The van der Waals surface area contributed by atoms with Crippen molar-refractivity contribution in [3.63, 3.8) is 0 Å². The molecule has 0 saturated carbocycles. The number of rotatable bonds is 10. The van der Waals surface area contributed by atoms with Crippen LogP contribution in [0.1, 0.15) is 65.2 Å². The minimum atomic E-state index is -0.335. The van der Waals surface area contributed by atoms with Gasteiger partial charge in [-0.2, -0.15) is 0 Å². The molecule has 1 amide bonds. The van der Waals surface area contributed by atoms with E-state index in [0.29, 0.717) is 6.54 Å². The molecule has 3 nitrogen and oxygen atoms in total. The first-order valence-corrected chi connectivity index (χ1v) is 6.96. The Kier molecular flexibility index (Phi) is 11.3. The van der Waals surface area contributed by atoms with Crippen LogP contribution in [0.2, 0.25) is 0 Å². The molecule has 0 aromatic carbocycles. The molecule has 3 heteroatoms. The molecule has 0 radical (unpaired) electrons. The maximum atomic E-state index is 11.3. The number of carbonyl (C=O) groups excluding carboxylic acids is 1. The zero-order valence-electron chi connectivity index (χ0n) is 11.3. The van der Waals surface area contributed by atoms with Crippen LogP contribution < -0.4 is 5.06 Å². The Morgan fingerprint density at radius 1 is 1.06 bits per heavy atom. The van der Waals surface area contributed by atoms with Gasteiger partial charge in [0.05, 0.1) is 6.54 Å². The van der Waals surface area contributed by atoms with E-state index in [9.17, 15) is 10.0 Å². The first-order valence-electron chi connectivity index (χ1n) is 6.96. The van der Waals surface area contributed by atoms with Crippen molar-refractivity contribution in [2.45, 2.75) is 65.2 Å². The standard InChI is InChI=1S/C14H27NO2/c1-3-5-6-7-8-9-10-11-12-14(16)15(17)13-4-2/h11-12,15H,3-10,13H2,1-2H3. The molecule has 1 atom stereocenters. The largest absolute Gasteiger partial charge is 0.626 e. The van der Waals surface area contributed by atoms with E-state index in [4.69, 9.17) is 0 Å². The highest BCUT2D eigenvalue weighted by atomic mass is 16.5. The van der Waals surface area contributed by atoms with Crippen molar-refractivity contribution in [3.8, 4) is 0 Å². The molecule has 0 aromatic rings. The molecule has 17 heavy (non-hydrogen) atoms. The van der Waals surface area contributed by atoms with Crippen LogP contribution in [0.25, 0.3) is 0 Å². The van der Waals surface area contributed by atoms with Crippen molar-refractivity contribution in [3.05, 3.63) is 17.4 Å². The molecule has 0 bridgehead atoms. The average Bonchev–Trinajstić information content (AvgIpc) is 2.32. The Balaban J connectivity index is 3.43. The summed E-state index contributed by atoms with van der Waals surface area (Å²) in [5.41, 5.74) is 0. The molecule has 0 fully saturated rings. The summed E-state index contributed by atoms with van der Waals surface area (Å²) in [6.07, 6.45) is 12.5. The van der Waals surface area contributed by atoms with Gasteiger partial charge in [0.2, 0.25) is 0 Å². The number of allylic oxidation sites excluding steroid dienone is 1. The normalized spacial score (nSPS) is 13.1. The zero-order valence-corrected chi connectivity index (χ0v) is 11.3. The van der Waals surface area contributed by atoms with Crippen molar-refractivity contribution >= 4 is 5.91 Å². The van der Waals surface area contributed by atoms with Crippen LogP contribution >= 0.6 is 0 Å². The molecule has 0 aliphatic heterocycles. The second-order valence-corrected chi connectivity index (χ2v) is 4.50. The molecule has 100 valence electrons. The minimum Gasteiger partial charge on any atom is -0.626 e. The Morgan fingerprint density at radius 3 is 2.35 bits per heavy atom. The van der Waals surface area contributed by atoms with E-state index >= 15 is 0 Å². The molecule has 0 aliphatic carbocycles. The van der Waals surface area contributed by atoms with Gasteiger partial charge in [-0.15, -0.1) is 0 Å². The third-order valence-electron chi connectivity index (χ3n) is 2.75. The predicted molar refractivity (Wildman–Crippen MR) is 71.6 cm³/mol. The number of amides is 1. The lowest BCUT2D eigenvalue weighted by Crippen LogP contribution is -3.09. The first-order chi connectivity index (χ1) is 8.22. The predicted octanol–water partition coefficient (Wildman–Crippen LogP) is 2.61. The third-order valence-corrected chi connectivity index (χ3v) is 2.75. The number of quaternary nitrogens is 1. The fraction of sp³-hybridized carbons (Fsp3) is 0.786. The number of hydrogen-bond donors (Lipinski definition) is 1. The molecule has 0 spiro atoms. The van der Waals surface area contributed by atoms with Crippen LogP contribution in [0.15, 0.2) is 12.2 Å². The van der Waals surface area contributed by atoms with Crippen LogP contribution in [0.5, 0.6) is 0 Å². The van der Waals surface area contributed by atoms with E-state index in [1.165, 1.54) is 38.2 Å². The second-order valence-electron chi connectivity index (χ2n) is 4.50. The van der Waals surface area contributed by atoms with E-state index in [1.54, 1.807) is 0 Å². The van der Waals surface area contributed by atoms with Gasteiger partial charge in [0.1, 0.15) is 0 Å². The molecule has 0 aromatic heterocycles.